The van der Waals surface area contributed by atoms with Gasteiger partial charge in [-0.15, -0.1) is 0 Å². The van der Waals surface area contributed by atoms with Gasteiger partial charge in [-0.3, -0.25) is 4.79 Å². The van der Waals surface area contributed by atoms with Crippen LogP contribution in [0.25, 0.3) is 12.2 Å². The first-order valence-electron chi connectivity index (χ1n) is 7.63. The number of hydrogen-bond acceptors (Lipinski definition) is 2. The molecule has 1 aliphatic carbocycles. The molecule has 2 aromatic rings. The second-order valence-electron chi connectivity index (χ2n) is 5.81. The number of aromatic hydroxyl groups is 1. The maximum Gasteiger partial charge on any atom is 0.259 e. The van der Waals surface area contributed by atoms with Crippen molar-refractivity contribution in [2.45, 2.75) is 20.3 Å². The number of aryl methyl sites for hydroxylation is 2. The molecule has 3 rings (SSSR count). The summed E-state index contributed by atoms with van der Waals surface area (Å²) in [6, 6.07) is 9.22. The van der Waals surface area contributed by atoms with Crippen LogP contribution in [-0.4, -0.2) is 11.0 Å². The van der Waals surface area contributed by atoms with Gasteiger partial charge in [-0.25, -0.2) is 0 Å². The second kappa shape index (κ2) is 6.13. The van der Waals surface area contributed by atoms with Crippen LogP contribution in [0.5, 0.6) is 5.75 Å². The summed E-state index contributed by atoms with van der Waals surface area (Å²) in [7, 11) is 0. The third-order valence-corrected chi connectivity index (χ3v) is 3.94. The fourth-order valence-corrected chi connectivity index (χ4v) is 2.70. The number of nitrogens with one attached hydrogen (secondary N) is 1. The number of rotatable bonds is 2. The topological polar surface area (TPSA) is 49.3 Å². The van der Waals surface area contributed by atoms with Gasteiger partial charge in [-0.1, -0.05) is 42.0 Å². The maximum absolute atomic E-state index is 12.5. The van der Waals surface area contributed by atoms with Gasteiger partial charge in [0.1, 0.15) is 5.75 Å². The summed E-state index contributed by atoms with van der Waals surface area (Å²) in [6.45, 7) is 3.96. The number of carbonyl (C=O) groups excluding carboxylic acids is 1. The van der Waals surface area contributed by atoms with E-state index in [1.54, 1.807) is 12.1 Å². The molecule has 2 N–H and O–H groups in total. The van der Waals surface area contributed by atoms with Gasteiger partial charge in [0.05, 0.1) is 5.56 Å². The minimum atomic E-state index is -0.307. The van der Waals surface area contributed by atoms with Crippen LogP contribution >= 0.6 is 0 Å². The van der Waals surface area contributed by atoms with E-state index in [1.807, 2.05) is 56.4 Å². The summed E-state index contributed by atoms with van der Waals surface area (Å²) in [5, 5.41) is 13.1. The predicted octanol–water partition coefficient (Wildman–Crippen LogP) is 4.69. The Labute approximate surface area is 136 Å². The van der Waals surface area contributed by atoms with Crippen LogP contribution in [0.1, 0.15) is 39.0 Å². The molecule has 116 valence electrons. The zero-order valence-corrected chi connectivity index (χ0v) is 13.3. The number of benzene rings is 2. The molecule has 3 nitrogen and oxygen atoms in total. The van der Waals surface area contributed by atoms with Crippen molar-refractivity contribution in [1.29, 1.82) is 0 Å². The minimum absolute atomic E-state index is 0.00837. The highest BCUT2D eigenvalue weighted by Crippen LogP contribution is 2.27. The first-order valence-corrected chi connectivity index (χ1v) is 7.63. The van der Waals surface area contributed by atoms with E-state index in [0.29, 0.717) is 0 Å². The molecule has 1 amide bonds. The molecule has 0 saturated carbocycles. The van der Waals surface area contributed by atoms with Gasteiger partial charge in [0.15, 0.2) is 0 Å². The lowest BCUT2D eigenvalue weighted by Gasteiger charge is -2.12. The third kappa shape index (κ3) is 3.19. The lowest BCUT2D eigenvalue weighted by atomic mass is 10.0. The highest BCUT2D eigenvalue weighted by Gasteiger charge is 2.15. The van der Waals surface area contributed by atoms with Gasteiger partial charge in [0.2, 0.25) is 0 Å². The molecule has 2 aromatic carbocycles. The van der Waals surface area contributed by atoms with E-state index in [4.69, 9.17) is 0 Å². The Kier molecular flexibility index (Phi) is 4.02. The zero-order valence-electron chi connectivity index (χ0n) is 13.3. The zero-order chi connectivity index (χ0) is 16.4. The Bertz CT molecular complexity index is 832. The number of allylic oxidation sites excluding steroid dienone is 2. The van der Waals surface area contributed by atoms with Crippen molar-refractivity contribution in [1.82, 2.24) is 0 Å². The summed E-state index contributed by atoms with van der Waals surface area (Å²) >= 11 is 0. The van der Waals surface area contributed by atoms with Crippen molar-refractivity contribution in [2.75, 3.05) is 5.32 Å². The molecule has 0 bridgehead atoms. The number of amides is 1. The molecule has 0 heterocycles. The maximum atomic E-state index is 12.5. The molecule has 0 aliphatic heterocycles. The summed E-state index contributed by atoms with van der Waals surface area (Å²) in [5.41, 5.74) is 5.02. The molecule has 0 atom stereocenters. The molecular formula is C20H19NO2. The fraction of sp³-hybridized carbons (Fsp3) is 0.150. The van der Waals surface area contributed by atoms with Crippen LogP contribution < -0.4 is 5.32 Å². The van der Waals surface area contributed by atoms with Gasteiger partial charge < -0.3 is 10.4 Å². The van der Waals surface area contributed by atoms with Crippen molar-refractivity contribution in [3.63, 3.8) is 0 Å². The standard InChI is InChI=1S/C20H19NO2/c1-13-8-9-18(14(2)10-13)21-20(23)17-11-15-6-4-3-5-7-16(15)12-19(17)22/h4-12,22H,3H2,1-2H3,(H,21,23). The fourth-order valence-electron chi connectivity index (χ4n) is 2.70. The number of phenols is 1. The lowest BCUT2D eigenvalue weighted by Crippen LogP contribution is -2.13. The van der Waals surface area contributed by atoms with Gasteiger partial charge in [-0.2, -0.15) is 0 Å². The molecule has 0 unspecified atom stereocenters. The molecule has 0 fully saturated rings. The summed E-state index contributed by atoms with van der Waals surface area (Å²) in [6.07, 6.45) is 8.84. The Hall–Kier alpha value is -2.81. The monoisotopic (exact) mass is 305 g/mol. The molecule has 0 aromatic heterocycles. The number of anilines is 1. The van der Waals surface area contributed by atoms with E-state index < -0.39 is 0 Å². The Balaban J connectivity index is 1.93. The van der Waals surface area contributed by atoms with E-state index in [1.165, 1.54) is 0 Å². The van der Waals surface area contributed by atoms with Crippen LogP contribution in [0.2, 0.25) is 0 Å². The molecule has 0 radical (unpaired) electrons. The Morgan fingerprint density at radius 3 is 2.43 bits per heavy atom. The van der Waals surface area contributed by atoms with E-state index >= 15 is 0 Å². The van der Waals surface area contributed by atoms with Crippen LogP contribution in [0.15, 0.2) is 42.5 Å². The van der Waals surface area contributed by atoms with Gasteiger partial charge in [-0.05, 0) is 55.2 Å². The molecule has 0 spiro atoms. The first kappa shape index (κ1) is 15.1. The highest BCUT2D eigenvalue weighted by atomic mass is 16.3. The molecule has 0 saturated heterocycles. The highest BCUT2D eigenvalue weighted by molar-refractivity contribution is 6.07. The van der Waals surface area contributed by atoms with Crippen LogP contribution in [0.4, 0.5) is 5.69 Å². The smallest absolute Gasteiger partial charge is 0.259 e. The predicted molar refractivity (Wildman–Crippen MR) is 94.7 cm³/mol. The van der Waals surface area contributed by atoms with Gasteiger partial charge in [0.25, 0.3) is 5.91 Å². The van der Waals surface area contributed by atoms with Gasteiger partial charge >= 0.3 is 0 Å². The van der Waals surface area contributed by atoms with Crippen molar-refractivity contribution in [3.05, 3.63) is 70.3 Å². The average Bonchev–Trinajstić information content (AvgIpc) is 2.74. The number of fused-ring (bicyclic) bond motifs is 1. The van der Waals surface area contributed by atoms with Crippen molar-refractivity contribution in [3.8, 4) is 5.75 Å². The molecule has 23 heavy (non-hydrogen) atoms. The van der Waals surface area contributed by atoms with Crippen LogP contribution in [0, 0.1) is 13.8 Å². The van der Waals surface area contributed by atoms with Crippen LogP contribution in [0.3, 0.4) is 0 Å². The van der Waals surface area contributed by atoms with E-state index in [2.05, 4.69) is 5.32 Å². The summed E-state index contributed by atoms with van der Waals surface area (Å²) < 4.78 is 0. The van der Waals surface area contributed by atoms with Crippen LogP contribution in [-0.2, 0) is 0 Å². The number of phenolic OH excluding ortho intramolecular Hbond substituents is 1. The third-order valence-electron chi connectivity index (χ3n) is 3.94. The summed E-state index contributed by atoms with van der Waals surface area (Å²) in [5.74, 6) is -0.315. The van der Waals surface area contributed by atoms with Crippen molar-refractivity contribution in [2.24, 2.45) is 0 Å². The van der Waals surface area contributed by atoms with E-state index in [9.17, 15) is 9.90 Å². The normalized spacial score (nSPS) is 12.6. The molecule has 1 aliphatic rings. The molecular weight excluding hydrogens is 286 g/mol. The largest absolute Gasteiger partial charge is 0.507 e. The minimum Gasteiger partial charge on any atom is -0.507 e. The quantitative estimate of drug-likeness (QED) is 0.845. The Morgan fingerprint density at radius 1 is 1.04 bits per heavy atom. The van der Waals surface area contributed by atoms with Crippen molar-refractivity contribution >= 4 is 23.7 Å². The number of hydrogen-bond donors (Lipinski definition) is 2. The first-order chi connectivity index (χ1) is 11.0. The SMILES string of the molecule is Cc1ccc(NC(=O)c2cc3c(cc2O)C=CCC=C3)c(C)c1. The van der Waals surface area contributed by atoms with Crippen molar-refractivity contribution < 1.29 is 9.90 Å². The number of carbonyl (C=O) groups is 1. The van der Waals surface area contributed by atoms with E-state index in [-0.39, 0.29) is 17.2 Å². The van der Waals surface area contributed by atoms with Gasteiger partial charge in [0, 0.05) is 5.69 Å². The lowest BCUT2D eigenvalue weighted by molar-refractivity contribution is 0.102. The van der Waals surface area contributed by atoms with E-state index in [0.717, 1.165) is 34.4 Å². The second-order valence-corrected chi connectivity index (χ2v) is 5.81. The summed E-state index contributed by atoms with van der Waals surface area (Å²) in [4.78, 5) is 12.5. The average molecular weight is 305 g/mol. The Morgan fingerprint density at radius 2 is 1.74 bits per heavy atom. The molecule has 3 heteroatoms.